The van der Waals surface area contributed by atoms with Crippen molar-refractivity contribution in [3.05, 3.63) is 18.3 Å². The topological polar surface area (TPSA) is 78.2 Å². The molecule has 1 aromatic heterocycles. The van der Waals surface area contributed by atoms with Gasteiger partial charge in [-0.1, -0.05) is 0 Å². The lowest BCUT2D eigenvalue weighted by Gasteiger charge is -1.92. The normalized spacial score (nSPS) is 9.00. The number of pyridine rings is 1. The molecule has 48 valence electrons. The summed E-state index contributed by atoms with van der Waals surface area (Å²) >= 11 is 0. The molecule has 0 radical (unpaired) electrons. The molecule has 4 heteroatoms. The van der Waals surface area contributed by atoms with E-state index >= 15 is 0 Å². The quantitative estimate of drug-likeness (QED) is 0.345. The summed E-state index contributed by atoms with van der Waals surface area (Å²) in [4.78, 5) is 2.83. The number of anilines is 2. The van der Waals surface area contributed by atoms with Crippen molar-refractivity contribution < 1.29 is 4.98 Å². The maximum absolute atomic E-state index is 5.46. The van der Waals surface area contributed by atoms with Crippen LogP contribution in [0, 0.1) is 0 Å². The summed E-state index contributed by atoms with van der Waals surface area (Å²) < 4.78 is 0. The number of nitrogen functional groups attached to an aromatic ring is 2. The Labute approximate surface area is 52.9 Å². The summed E-state index contributed by atoms with van der Waals surface area (Å²) in [5.41, 5.74) is 8.48. The summed E-state index contributed by atoms with van der Waals surface area (Å²) in [5.74, 6) is 5.73. The van der Waals surface area contributed by atoms with Crippen molar-refractivity contribution >= 4 is 11.5 Å². The number of hydrogen-bond acceptors (Lipinski definition) is 3. The van der Waals surface area contributed by atoms with Crippen LogP contribution in [0.1, 0.15) is 0 Å². The summed E-state index contributed by atoms with van der Waals surface area (Å²) in [6, 6.07) is 3.56. The Morgan fingerprint density at radius 2 is 2.33 bits per heavy atom. The molecule has 1 heterocycles. The zero-order valence-electron chi connectivity index (χ0n) is 4.89. The number of aromatic nitrogens is 1. The van der Waals surface area contributed by atoms with E-state index in [0.717, 1.165) is 0 Å². The average Bonchev–Trinajstić information content (AvgIpc) is 1.89. The van der Waals surface area contributed by atoms with Crippen molar-refractivity contribution in [3.63, 3.8) is 0 Å². The van der Waals surface area contributed by atoms with Crippen LogP contribution in [0.3, 0.4) is 0 Å². The number of hydrazine groups is 1. The van der Waals surface area contributed by atoms with Crippen LogP contribution in [0.5, 0.6) is 0 Å². The van der Waals surface area contributed by atoms with Gasteiger partial charge in [-0.15, -0.1) is 0 Å². The average molecular weight is 125 g/mol. The minimum absolute atomic E-state index is 0.611. The largest absolute Gasteiger partial charge is 0.392 e. The van der Waals surface area contributed by atoms with Crippen molar-refractivity contribution in [2.24, 2.45) is 5.84 Å². The van der Waals surface area contributed by atoms with Gasteiger partial charge in [0.05, 0.1) is 6.20 Å². The van der Waals surface area contributed by atoms with Crippen molar-refractivity contribution in [1.82, 2.24) is 0 Å². The zero-order chi connectivity index (χ0) is 6.69. The van der Waals surface area contributed by atoms with Crippen LogP contribution in [-0.2, 0) is 0 Å². The maximum Gasteiger partial charge on any atom is 0.313 e. The van der Waals surface area contributed by atoms with E-state index in [1.54, 1.807) is 18.3 Å². The van der Waals surface area contributed by atoms with E-state index < -0.39 is 0 Å². The first-order valence-electron chi connectivity index (χ1n) is 2.57. The van der Waals surface area contributed by atoms with Crippen molar-refractivity contribution in [1.29, 1.82) is 0 Å². The lowest BCUT2D eigenvalue weighted by molar-refractivity contribution is -0.360. The monoisotopic (exact) mass is 125 g/mol. The van der Waals surface area contributed by atoms with Gasteiger partial charge < -0.3 is 5.73 Å². The van der Waals surface area contributed by atoms with Crippen molar-refractivity contribution in [2.75, 3.05) is 11.2 Å². The molecule has 0 aliphatic carbocycles. The number of rotatable bonds is 1. The molecule has 0 atom stereocenters. The second-order valence-corrected chi connectivity index (χ2v) is 1.64. The smallest absolute Gasteiger partial charge is 0.313 e. The third kappa shape index (κ3) is 1.09. The molecule has 6 N–H and O–H groups in total. The molecule has 0 aromatic carbocycles. The van der Waals surface area contributed by atoms with Gasteiger partial charge in [-0.25, -0.2) is 4.98 Å². The molecule has 0 spiro atoms. The highest BCUT2D eigenvalue weighted by atomic mass is 15.3. The first-order chi connectivity index (χ1) is 4.34. The molecule has 0 saturated heterocycles. The Morgan fingerprint density at radius 3 is 2.78 bits per heavy atom. The molecule has 0 aliphatic heterocycles. The predicted octanol–water partition coefficient (Wildman–Crippen LogP) is -0.631. The molecule has 4 nitrogen and oxygen atoms in total. The molecular weight excluding hydrogens is 116 g/mol. The van der Waals surface area contributed by atoms with Crippen LogP contribution in [-0.4, -0.2) is 0 Å². The van der Waals surface area contributed by atoms with Crippen LogP contribution in [0.25, 0.3) is 0 Å². The lowest BCUT2D eigenvalue weighted by Crippen LogP contribution is -2.19. The van der Waals surface area contributed by atoms with Crippen molar-refractivity contribution in [3.8, 4) is 0 Å². The van der Waals surface area contributed by atoms with E-state index in [4.69, 9.17) is 11.6 Å². The Kier molecular flexibility index (Phi) is 1.51. The van der Waals surface area contributed by atoms with Crippen molar-refractivity contribution in [2.45, 2.75) is 0 Å². The van der Waals surface area contributed by atoms with Crippen LogP contribution >= 0.6 is 0 Å². The zero-order valence-corrected chi connectivity index (χ0v) is 4.89. The summed E-state index contributed by atoms with van der Waals surface area (Å²) in [6.45, 7) is 0. The minimum Gasteiger partial charge on any atom is -0.392 e. The molecule has 0 aliphatic rings. The van der Waals surface area contributed by atoms with E-state index in [1.807, 2.05) is 0 Å². The molecule has 9 heavy (non-hydrogen) atoms. The molecule has 0 fully saturated rings. The molecule has 0 bridgehead atoms. The van der Waals surface area contributed by atoms with Gasteiger partial charge in [0, 0.05) is 0 Å². The fraction of sp³-hybridized carbons (Fsp3) is 0. The maximum atomic E-state index is 5.46. The van der Waals surface area contributed by atoms with Gasteiger partial charge in [0.15, 0.2) is 0 Å². The number of aromatic amines is 1. The molecule has 0 unspecified atom stereocenters. The molecule has 0 saturated carbocycles. The van der Waals surface area contributed by atoms with Gasteiger partial charge >= 0.3 is 5.82 Å². The van der Waals surface area contributed by atoms with Crippen LogP contribution in [0.15, 0.2) is 18.3 Å². The second-order valence-electron chi connectivity index (χ2n) is 1.64. The first kappa shape index (κ1) is 5.84. The second kappa shape index (κ2) is 2.32. The third-order valence-electron chi connectivity index (χ3n) is 1.03. The molecule has 1 rings (SSSR count). The first-order valence-corrected chi connectivity index (χ1v) is 2.57. The van der Waals surface area contributed by atoms with Gasteiger partial charge in [-0.05, 0) is 12.1 Å². The standard InChI is InChI=1S/C5H8N4/c6-4-2-1-3-8-5(4)9-7/h1-3H,6-7H2,(H,8,9)/p+1. The SMILES string of the molecule is NNc1[nH+]cccc1N. The summed E-state index contributed by atoms with van der Waals surface area (Å²) in [7, 11) is 0. The van der Waals surface area contributed by atoms with E-state index in [9.17, 15) is 0 Å². The predicted molar refractivity (Wildman–Crippen MR) is 35.2 cm³/mol. The van der Waals surface area contributed by atoms with Crippen LogP contribution in [0.4, 0.5) is 11.5 Å². The van der Waals surface area contributed by atoms with E-state index in [0.29, 0.717) is 11.5 Å². The molecular formula is C5H9N4+. The Balaban J connectivity index is 3.01. The van der Waals surface area contributed by atoms with E-state index in [1.165, 1.54) is 0 Å². The van der Waals surface area contributed by atoms with Gasteiger partial charge in [0.1, 0.15) is 5.69 Å². The van der Waals surface area contributed by atoms with E-state index in [2.05, 4.69) is 10.4 Å². The van der Waals surface area contributed by atoms with Crippen LogP contribution in [0.2, 0.25) is 0 Å². The van der Waals surface area contributed by atoms with Crippen LogP contribution < -0.4 is 22.0 Å². The summed E-state index contributed by atoms with van der Waals surface area (Å²) in [5, 5.41) is 0. The Morgan fingerprint density at radius 1 is 1.56 bits per heavy atom. The molecule has 1 aromatic rings. The minimum atomic E-state index is 0.611. The van der Waals surface area contributed by atoms with Gasteiger partial charge in [0.2, 0.25) is 0 Å². The summed E-state index contributed by atoms with van der Waals surface area (Å²) in [6.07, 6.45) is 1.74. The third-order valence-corrected chi connectivity index (χ3v) is 1.03. The number of nitrogens with two attached hydrogens (primary N) is 2. The van der Waals surface area contributed by atoms with E-state index in [-0.39, 0.29) is 0 Å². The number of hydrogen-bond donors (Lipinski definition) is 3. The number of nitrogens with one attached hydrogen (secondary N) is 2. The molecule has 0 amide bonds. The van der Waals surface area contributed by atoms with Gasteiger partial charge in [-0.3, -0.25) is 0 Å². The highest BCUT2D eigenvalue weighted by Gasteiger charge is 1.99. The van der Waals surface area contributed by atoms with Gasteiger partial charge in [-0.2, -0.15) is 11.3 Å². The Hall–Kier alpha value is -1.29. The lowest BCUT2D eigenvalue weighted by atomic mass is 10.4. The highest BCUT2D eigenvalue weighted by molar-refractivity contribution is 5.55. The fourth-order valence-corrected chi connectivity index (χ4v) is 0.575. The Bertz CT molecular complexity index is 198. The van der Waals surface area contributed by atoms with Gasteiger partial charge in [0.25, 0.3) is 0 Å². The fourth-order valence-electron chi connectivity index (χ4n) is 0.575. The highest BCUT2D eigenvalue weighted by Crippen LogP contribution is 2.05. The number of H-pyrrole nitrogens is 1.